The molecule has 1 heterocycles. The van der Waals surface area contributed by atoms with Crippen LogP contribution in [0.3, 0.4) is 0 Å². The predicted molar refractivity (Wildman–Crippen MR) is 77.2 cm³/mol. The maximum atomic E-state index is 11.8. The summed E-state index contributed by atoms with van der Waals surface area (Å²) in [4.78, 5) is 22.9. The lowest BCUT2D eigenvalue weighted by Crippen LogP contribution is -2.29. The summed E-state index contributed by atoms with van der Waals surface area (Å²) in [5, 5.41) is 18.4. The average molecular weight is 288 g/mol. The van der Waals surface area contributed by atoms with E-state index < -0.39 is 12.0 Å². The van der Waals surface area contributed by atoms with Crippen LogP contribution in [-0.2, 0) is 13.6 Å². The molecule has 0 fully saturated rings. The highest BCUT2D eigenvalue weighted by atomic mass is 16.4. The van der Waals surface area contributed by atoms with Gasteiger partial charge in [0.05, 0.1) is 16.9 Å². The second-order valence-corrected chi connectivity index (χ2v) is 4.57. The summed E-state index contributed by atoms with van der Waals surface area (Å²) in [5.74, 6) is -1.09. The van der Waals surface area contributed by atoms with Crippen molar-refractivity contribution in [3.05, 3.63) is 47.3 Å². The number of aryl methyl sites for hydroxylation is 2. The van der Waals surface area contributed by atoms with Crippen LogP contribution in [0.2, 0.25) is 0 Å². The lowest BCUT2D eigenvalue weighted by molar-refractivity contribution is 0.0698. The minimum Gasteiger partial charge on any atom is -0.478 e. The molecule has 0 saturated carbocycles. The number of rotatable bonds is 4. The highest BCUT2D eigenvalue weighted by Crippen LogP contribution is 2.14. The Kier molecular flexibility index (Phi) is 4.22. The molecule has 2 rings (SSSR count). The van der Waals surface area contributed by atoms with E-state index in [2.05, 4.69) is 15.7 Å². The number of carboxylic acids is 1. The highest BCUT2D eigenvalue weighted by Gasteiger charge is 2.12. The van der Waals surface area contributed by atoms with Crippen molar-refractivity contribution in [1.82, 2.24) is 15.1 Å². The van der Waals surface area contributed by atoms with Crippen LogP contribution in [0.1, 0.15) is 21.6 Å². The van der Waals surface area contributed by atoms with E-state index >= 15 is 0 Å². The zero-order chi connectivity index (χ0) is 15.4. The molecule has 0 spiro atoms. The van der Waals surface area contributed by atoms with Gasteiger partial charge in [-0.1, -0.05) is 12.1 Å². The minimum absolute atomic E-state index is 0.0465. The van der Waals surface area contributed by atoms with Crippen molar-refractivity contribution in [2.75, 3.05) is 5.32 Å². The first-order chi connectivity index (χ1) is 9.97. The molecule has 2 amide bonds. The van der Waals surface area contributed by atoms with E-state index in [0.29, 0.717) is 6.54 Å². The average Bonchev–Trinajstić information content (AvgIpc) is 2.75. The van der Waals surface area contributed by atoms with E-state index in [-0.39, 0.29) is 11.3 Å². The quantitative estimate of drug-likeness (QED) is 0.798. The molecule has 2 aromatic rings. The number of nitrogens with one attached hydrogen (secondary N) is 2. The van der Waals surface area contributed by atoms with Gasteiger partial charge in [0.25, 0.3) is 0 Å². The van der Waals surface area contributed by atoms with Crippen LogP contribution >= 0.6 is 0 Å². The Bertz CT molecular complexity index is 679. The lowest BCUT2D eigenvalue weighted by Gasteiger charge is -2.09. The molecule has 0 radical (unpaired) electrons. The molecule has 0 aliphatic rings. The van der Waals surface area contributed by atoms with E-state index in [0.717, 1.165) is 11.3 Å². The second-order valence-electron chi connectivity index (χ2n) is 4.57. The predicted octanol–water partition coefficient (Wildman–Crippen LogP) is 1.75. The number of nitrogens with zero attached hydrogens (tertiary/aromatic N) is 2. The number of para-hydroxylation sites is 1. The summed E-state index contributed by atoms with van der Waals surface area (Å²) in [7, 11) is 1.81. The minimum atomic E-state index is -1.09. The lowest BCUT2D eigenvalue weighted by atomic mass is 10.2. The number of carboxylic acid groups (broad SMARTS) is 1. The van der Waals surface area contributed by atoms with Crippen molar-refractivity contribution in [2.45, 2.75) is 13.5 Å². The summed E-state index contributed by atoms with van der Waals surface area (Å²) < 4.78 is 1.67. The third-order valence-electron chi connectivity index (χ3n) is 2.96. The van der Waals surface area contributed by atoms with Gasteiger partial charge in [-0.15, -0.1) is 0 Å². The first-order valence-electron chi connectivity index (χ1n) is 6.33. The largest absolute Gasteiger partial charge is 0.478 e. The number of urea groups is 1. The van der Waals surface area contributed by atoms with Gasteiger partial charge in [-0.2, -0.15) is 5.10 Å². The van der Waals surface area contributed by atoms with Crippen molar-refractivity contribution in [1.29, 1.82) is 0 Å². The van der Waals surface area contributed by atoms with Crippen molar-refractivity contribution < 1.29 is 14.7 Å². The number of benzene rings is 1. The summed E-state index contributed by atoms with van der Waals surface area (Å²) >= 11 is 0. The molecule has 0 aliphatic heterocycles. The molecule has 0 aliphatic carbocycles. The Hall–Kier alpha value is -2.83. The van der Waals surface area contributed by atoms with Crippen LogP contribution in [0.5, 0.6) is 0 Å². The number of hydrogen-bond donors (Lipinski definition) is 3. The summed E-state index contributed by atoms with van der Waals surface area (Å²) in [5.41, 5.74) is 2.04. The molecule has 1 aromatic heterocycles. The summed E-state index contributed by atoms with van der Waals surface area (Å²) in [6, 6.07) is 5.77. The van der Waals surface area contributed by atoms with Gasteiger partial charge >= 0.3 is 12.0 Å². The monoisotopic (exact) mass is 288 g/mol. The molecule has 7 heteroatoms. The maximum Gasteiger partial charge on any atom is 0.337 e. The van der Waals surface area contributed by atoms with Gasteiger partial charge in [0.15, 0.2) is 0 Å². The number of hydrogen-bond acceptors (Lipinski definition) is 3. The summed E-state index contributed by atoms with van der Waals surface area (Å²) in [6.07, 6.45) is 1.82. The van der Waals surface area contributed by atoms with Gasteiger partial charge in [-0.25, -0.2) is 9.59 Å². The van der Waals surface area contributed by atoms with E-state index in [1.54, 1.807) is 29.9 Å². The van der Waals surface area contributed by atoms with Crippen molar-refractivity contribution in [3.63, 3.8) is 0 Å². The number of aromatic carboxylic acids is 1. The molecule has 21 heavy (non-hydrogen) atoms. The Morgan fingerprint density at radius 1 is 1.33 bits per heavy atom. The number of aromatic nitrogens is 2. The Morgan fingerprint density at radius 2 is 2.05 bits per heavy atom. The van der Waals surface area contributed by atoms with E-state index in [1.165, 1.54) is 6.07 Å². The number of carbonyl (C=O) groups is 2. The molecule has 0 saturated heterocycles. The molecule has 7 nitrogen and oxygen atoms in total. The Morgan fingerprint density at radius 3 is 2.67 bits per heavy atom. The molecular formula is C14H16N4O3. The Labute approximate surface area is 121 Å². The maximum absolute atomic E-state index is 11.8. The van der Waals surface area contributed by atoms with Gasteiger partial charge in [0.2, 0.25) is 0 Å². The standard InChI is InChI=1S/C14H16N4O3/c1-9-10(8-18(2)17-9)7-15-14(21)16-12-6-4-3-5-11(12)13(19)20/h3-6,8H,7H2,1-2H3,(H,19,20)(H2,15,16,21). The molecule has 1 aromatic carbocycles. The van der Waals surface area contributed by atoms with Crippen molar-refractivity contribution >= 4 is 17.7 Å². The number of amides is 2. The van der Waals surface area contributed by atoms with Crippen molar-refractivity contribution in [2.24, 2.45) is 7.05 Å². The number of carbonyl (C=O) groups excluding carboxylic acids is 1. The first kappa shape index (κ1) is 14.6. The zero-order valence-electron chi connectivity index (χ0n) is 11.8. The van der Waals surface area contributed by atoms with Gasteiger partial charge in [-0.3, -0.25) is 4.68 Å². The van der Waals surface area contributed by atoms with Crippen LogP contribution in [0, 0.1) is 6.92 Å². The van der Waals surface area contributed by atoms with Gasteiger partial charge < -0.3 is 15.7 Å². The molecule has 110 valence electrons. The van der Waals surface area contributed by atoms with Gasteiger partial charge in [0, 0.05) is 25.4 Å². The van der Waals surface area contributed by atoms with Crippen LogP contribution in [-0.4, -0.2) is 26.9 Å². The molecule has 0 atom stereocenters. The van der Waals surface area contributed by atoms with Crippen molar-refractivity contribution in [3.8, 4) is 0 Å². The van der Waals surface area contributed by atoms with Gasteiger partial charge in [-0.05, 0) is 19.1 Å². The number of anilines is 1. The van der Waals surface area contributed by atoms with Gasteiger partial charge in [0.1, 0.15) is 0 Å². The van der Waals surface area contributed by atoms with Crippen LogP contribution in [0.25, 0.3) is 0 Å². The van der Waals surface area contributed by atoms with E-state index in [4.69, 9.17) is 5.11 Å². The fourth-order valence-electron chi connectivity index (χ4n) is 1.94. The fraction of sp³-hybridized carbons (Fsp3) is 0.214. The second kappa shape index (κ2) is 6.08. The van der Waals surface area contributed by atoms with Crippen LogP contribution < -0.4 is 10.6 Å². The van der Waals surface area contributed by atoms with E-state index in [9.17, 15) is 9.59 Å². The molecule has 3 N–H and O–H groups in total. The Balaban J connectivity index is 1.99. The van der Waals surface area contributed by atoms with Crippen LogP contribution in [0.4, 0.5) is 10.5 Å². The SMILES string of the molecule is Cc1nn(C)cc1CNC(=O)Nc1ccccc1C(=O)O. The third-order valence-corrected chi connectivity index (χ3v) is 2.96. The van der Waals surface area contributed by atoms with E-state index in [1.807, 2.05) is 13.1 Å². The molecule has 0 unspecified atom stereocenters. The zero-order valence-corrected chi connectivity index (χ0v) is 11.8. The highest BCUT2D eigenvalue weighted by molar-refractivity contribution is 5.99. The smallest absolute Gasteiger partial charge is 0.337 e. The van der Waals surface area contributed by atoms with Crippen LogP contribution in [0.15, 0.2) is 30.5 Å². The first-order valence-corrected chi connectivity index (χ1v) is 6.33. The fourth-order valence-corrected chi connectivity index (χ4v) is 1.94. The normalized spacial score (nSPS) is 10.2. The molecular weight excluding hydrogens is 272 g/mol. The topological polar surface area (TPSA) is 96.3 Å². The third kappa shape index (κ3) is 3.59. The summed E-state index contributed by atoms with van der Waals surface area (Å²) in [6.45, 7) is 2.18. The molecule has 0 bridgehead atoms.